The van der Waals surface area contributed by atoms with Crippen LogP contribution in [-0.4, -0.2) is 15.1 Å². The number of fused-ring (bicyclic) bond motifs is 1. The fourth-order valence-electron chi connectivity index (χ4n) is 2.21. The summed E-state index contributed by atoms with van der Waals surface area (Å²) in [6, 6.07) is 19.0. The minimum absolute atomic E-state index is 0. The van der Waals surface area contributed by atoms with E-state index >= 15 is 0 Å². The molecule has 3 rings (SSSR count). The van der Waals surface area contributed by atoms with Gasteiger partial charge in [-0.1, -0.05) is 42.5 Å². The average molecular weight is 362 g/mol. The molecule has 0 atom stereocenters. The van der Waals surface area contributed by atoms with Crippen molar-refractivity contribution in [2.45, 2.75) is 0 Å². The second kappa shape index (κ2) is 8.66. The van der Waals surface area contributed by atoms with E-state index in [4.69, 9.17) is 4.74 Å². The Morgan fingerprint density at radius 2 is 1.58 bits per heavy atom. The number of para-hydroxylation sites is 1. The van der Waals surface area contributed by atoms with Crippen molar-refractivity contribution in [3.8, 4) is 11.5 Å². The number of hydrogen-bond acceptors (Lipinski definition) is 5. The van der Waals surface area contributed by atoms with Gasteiger partial charge in [-0.05, 0) is 35.0 Å². The van der Waals surface area contributed by atoms with E-state index in [-0.39, 0.29) is 62.7 Å². The van der Waals surface area contributed by atoms with Crippen molar-refractivity contribution < 1.29 is 74.6 Å². The number of benzene rings is 3. The second-order valence-corrected chi connectivity index (χ2v) is 5.45. The first-order chi connectivity index (χ1) is 11.1. The molecule has 0 radical (unpaired) electrons. The Hall–Kier alpha value is -1.36. The maximum absolute atomic E-state index is 12.3. The van der Waals surface area contributed by atoms with Crippen LogP contribution in [0.25, 0.3) is 10.8 Å². The van der Waals surface area contributed by atoms with Crippen LogP contribution < -0.4 is 65.3 Å². The fraction of sp³-hybridized carbons (Fsp3) is 0. The molecule has 0 aliphatic rings. The first kappa shape index (κ1) is 19.0. The van der Waals surface area contributed by atoms with Crippen molar-refractivity contribution in [1.82, 2.24) is 0 Å². The molecule has 3 aromatic rings. The first-order valence-electron chi connectivity index (χ1n) is 6.82. The topological polar surface area (TPSA) is 75.7 Å². The number of carbonyl (C=O) groups is 1. The Morgan fingerprint density at radius 1 is 0.917 bits per heavy atom. The standard InChI is InChI=1S/C17H11O5Si.K/c18-17(15-7-3-4-8-16(15)22-23(19)20)21-14-10-9-12-5-1-2-6-13(12)11-14;/h1-11H;/q-1;+1. The smallest absolute Gasteiger partial charge is 0.554 e. The van der Waals surface area contributed by atoms with Crippen molar-refractivity contribution >= 4 is 25.9 Å². The van der Waals surface area contributed by atoms with Crippen LogP contribution in [-0.2, 0) is 4.46 Å². The quantitative estimate of drug-likeness (QED) is 0.346. The minimum atomic E-state index is -3.45. The van der Waals surface area contributed by atoms with Crippen LogP contribution >= 0.6 is 0 Å². The van der Waals surface area contributed by atoms with Gasteiger partial charge >= 0.3 is 66.5 Å². The molecule has 7 heteroatoms. The van der Waals surface area contributed by atoms with Crippen LogP contribution in [0.5, 0.6) is 11.5 Å². The summed E-state index contributed by atoms with van der Waals surface area (Å²) in [5.41, 5.74) is 0.0508. The third-order valence-electron chi connectivity index (χ3n) is 3.23. The van der Waals surface area contributed by atoms with E-state index in [2.05, 4.69) is 4.43 Å². The van der Waals surface area contributed by atoms with E-state index in [1.165, 1.54) is 12.1 Å². The van der Waals surface area contributed by atoms with Gasteiger partial charge in [-0.2, -0.15) is 0 Å². The molecule has 114 valence electrons. The Morgan fingerprint density at radius 3 is 2.33 bits per heavy atom. The monoisotopic (exact) mass is 362 g/mol. The molecule has 0 saturated heterocycles. The van der Waals surface area contributed by atoms with Gasteiger partial charge in [0.1, 0.15) is 5.75 Å². The molecule has 0 aliphatic heterocycles. The van der Waals surface area contributed by atoms with Gasteiger partial charge < -0.3 is 18.4 Å². The predicted octanol–water partition coefficient (Wildman–Crippen LogP) is -0.783. The Bertz CT molecular complexity index is 897. The molecule has 0 saturated carbocycles. The van der Waals surface area contributed by atoms with Gasteiger partial charge in [0.25, 0.3) is 0 Å². The number of carbonyl (C=O) groups excluding carboxylic acids is 1. The largest absolute Gasteiger partial charge is 1.00 e. The zero-order valence-corrected chi connectivity index (χ0v) is 17.0. The summed E-state index contributed by atoms with van der Waals surface area (Å²) < 4.78 is 20.7. The number of esters is 1. The van der Waals surface area contributed by atoms with Crippen molar-refractivity contribution in [3.05, 3.63) is 72.3 Å². The van der Waals surface area contributed by atoms with Crippen LogP contribution in [0.4, 0.5) is 0 Å². The van der Waals surface area contributed by atoms with E-state index in [0.717, 1.165) is 10.8 Å². The molecule has 24 heavy (non-hydrogen) atoms. The van der Waals surface area contributed by atoms with Gasteiger partial charge in [-0.25, -0.2) is 4.79 Å². The summed E-state index contributed by atoms with van der Waals surface area (Å²) in [5.74, 6) is -0.352. The fourth-order valence-corrected chi connectivity index (χ4v) is 2.56. The van der Waals surface area contributed by atoms with Gasteiger partial charge in [-0.15, -0.1) is 0 Å². The van der Waals surface area contributed by atoms with E-state index in [1.54, 1.807) is 24.3 Å². The van der Waals surface area contributed by atoms with E-state index in [1.807, 2.05) is 30.3 Å². The third kappa shape index (κ3) is 4.59. The number of ether oxygens (including phenoxy) is 1. The second-order valence-electron chi connectivity index (χ2n) is 4.75. The first-order valence-corrected chi connectivity index (χ1v) is 8.05. The molecule has 0 fully saturated rings. The van der Waals surface area contributed by atoms with E-state index in [9.17, 15) is 14.1 Å². The van der Waals surface area contributed by atoms with E-state index < -0.39 is 15.1 Å². The molecule has 0 N–H and O–H groups in total. The Labute approximate surface area is 182 Å². The van der Waals surface area contributed by atoms with Crippen LogP contribution in [0, 0.1) is 0 Å². The average Bonchev–Trinajstić information content (AvgIpc) is 2.54. The van der Waals surface area contributed by atoms with Gasteiger partial charge in [0.2, 0.25) is 0 Å². The van der Waals surface area contributed by atoms with Crippen molar-refractivity contribution in [3.63, 3.8) is 0 Å². The molecule has 0 aliphatic carbocycles. The molecule has 0 heterocycles. The van der Waals surface area contributed by atoms with E-state index in [0.29, 0.717) is 5.75 Å². The van der Waals surface area contributed by atoms with Crippen LogP contribution in [0.1, 0.15) is 10.4 Å². The predicted molar refractivity (Wildman–Crippen MR) is 82.4 cm³/mol. The van der Waals surface area contributed by atoms with Crippen molar-refractivity contribution in [2.75, 3.05) is 0 Å². The molecule has 0 aromatic heterocycles. The van der Waals surface area contributed by atoms with Crippen LogP contribution in [0.15, 0.2) is 66.7 Å². The molecular weight excluding hydrogens is 351 g/mol. The molecule has 0 unspecified atom stereocenters. The molecule has 5 nitrogen and oxygen atoms in total. The van der Waals surface area contributed by atoms with Crippen LogP contribution in [0.3, 0.4) is 0 Å². The maximum Gasteiger partial charge on any atom is 1.00 e. The summed E-state index contributed by atoms with van der Waals surface area (Å²) in [7, 11) is -3.45. The summed E-state index contributed by atoms with van der Waals surface area (Å²) in [4.78, 5) is 23.0. The summed E-state index contributed by atoms with van der Waals surface area (Å²) >= 11 is 0. The normalized spacial score (nSPS) is 9.83. The number of rotatable bonds is 4. The maximum atomic E-state index is 12.3. The third-order valence-corrected chi connectivity index (χ3v) is 3.62. The SMILES string of the molecule is O=C(Oc1ccc2ccccc2c1)c1ccccc1O[Si](=O)[O-].[K+]. The Balaban J connectivity index is 0.00000208. The molecule has 0 spiro atoms. The minimum Gasteiger partial charge on any atom is -0.554 e. The molecule has 3 aromatic carbocycles. The van der Waals surface area contributed by atoms with Gasteiger partial charge in [0, 0.05) is 0 Å². The zero-order chi connectivity index (χ0) is 16.2. The summed E-state index contributed by atoms with van der Waals surface area (Å²) in [6.07, 6.45) is 0. The van der Waals surface area contributed by atoms with Crippen LogP contribution in [0.2, 0.25) is 0 Å². The molecule has 0 amide bonds. The van der Waals surface area contributed by atoms with Crippen molar-refractivity contribution in [1.29, 1.82) is 0 Å². The summed E-state index contributed by atoms with van der Waals surface area (Å²) in [6.45, 7) is 0. The Kier molecular flexibility index (Phi) is 6.84. The van der Waals surface area contributed by atoms with Gasteiger partial charge in [0.15, 0.2) is 0 Å². The molecular formula is C17H11KO5Si. The molecule has 0 bridgehead atoms. The summed E-state index contributed by atoms with van der Waals surface area (Å²) in [5, 5.41) is 1.97. The number of hydrogen-bond donors (Lipinski definition) is 0. The zero-order valence-electron chi connectivity index (χ0n) is 12.9. The van der Waals surface area contributed by atoms with Crippen molar-refractivity contribution in [2.24, 2.45) is 0 Å². The van der Waals surface area contributed by atoms with Gasteiger partial charge in [-0.3, -0.25) is 0 Å². The van der Waals surface area contributed by atoms with Gasteiger partial charge in [0.05, 0.1) is 11.3 Å².